The van der Waals surface area contributed by atoms with Gasteiger partial charge in [0.2, 0.25) is 0 Å². The molecule has 2 heterocycles. The van der Waals surface area contributed by atoms with Crippen LogP contribution in [0, 0.1) is 0 Å². The first-order chi connectivity index (χ1) is 9.32. The van der Waals surface area contributed by atoms with E-state index in [4.69, 9.17) is 14.2 Å². The summed E-state index contributed by atoms with van der Waals surface area (Å²) < 4.78 is 15.1. The van der Waals surface area contributed by atoms with Crippen LogP contribution in [0.25, 0.3) is 0 Å². The van der Waals surface area contributed by atoms with Crippen molar-refractivity contribution in [3.8, 4) is 0 Å². The van der Waals surface area contributed by atoms with Crippen molar-refractivity contribution in [3.63, 3.8) is 0 Å². The van der Waals surface area contributed by atoms with Crippen LogP contribution in [0.4, 0.5) is 0 Å². The first-order valence-electron chi connectivity index (χ1n) is 6.34. The van der Waals surface area contributed by atoms with Gasteiger partial charge in [-0.25, -0.2) is 0 Å². The third-order valence-electron chi connectivity index (χ3n) is 3.55. The van der Waals surface area contributed by atoms with E-state index in [0.717, 1.165) is 0 Å². The van der Waals surface area contributed by atoms with Gasteiger partial charge in [-0.15, -0.1) is 0 Å². The molecule has 2 rings (SSSR count). The van der Waals surface area contributed by atoms with Crippen molar-refractivity contribution in [2.24, 2.45) is 0 Å². The smallest absolute Gasteiger partial charge is 0.186 e. The lowest BCUT2D eigenvalue weighted by atomic mass is 9.99. The van der Waals surface area contributed by atoms with Crippen LogP contribution in [0.15, 0.2) is 0 Å². The van der Waals surface area contributed by atoms with Gasteiger partial charge >= 0.3 is 0 Å². The Bertz CT molecular complexity index is 327. The molecule has 0 radical (unpaired) electrons. The Morgan fingerprint density at radius 2 is 1.55 bits per heavy atom. The second kappa shape index (κ2) is 6.18. The normalized spacial score (nSPS) is 53.9. The van der Waals surface area contributed by atoms with Crippen LogP contribution in [0.5, 0.6) is 0 Å². The van der Waals surface area contributed by atoms with Crippen molar-refractivity contribution in [1.82, 2.24) is 0 Å². The molecule has 2 aliphatic heterocycles. The Hall–Kier alpha value is -0.360. The Morgan fingerprint density at radius 3 is 2.20 bits per heavy atom. The topological polar surface area (TPSA) is 149 Å². The monoisotopic (exact) mass is 296 g/mol. The Kier molecular flexibility index (Phi) is 4.95. The fourth-order valence-corrected chi connectivity index (χ4v) is 2.22. The van der Waals surface area contributed by atoms with Crippen molar-refractivity contribution >= 4 is 0 Å². The van der Waals surface area contributed by atoms with Crippen LogP contribution in [-0.4, -0.2) is 92.6 Å². The Morgan fingerprint density at radius 1 is 0.900 bits per heavy atom. The lowest BCUT2D eigenvalue weighted by Gasteiger charge is -2.42. The second-order valence-electron chi connectivity index (χ2n) is 5.06. The third kappa shape index (κ3) is 2.96. The molecular formula is C11H20O9. The van der Waals surface area contributed by atoms with Crippen LogP contribution < -0.4 is 0 Å². The fourth-order valence-electron chi connectivity index (χ4n) is 2.22. The zero-order chi connectivity index (χ0) is 15.0. The number of aliphatic hydroxyl groups excluding tert-OH is 6. The molecule has 0 saturated carbocycles. The first kappa shape index (κ1) is 16.0. The fraction of sp³-hybridized carbons (Fsp3) is 1.00. The van der Waals surface area contributed by atoms with Gasteiger partial charge in [0.15, 0.2) is 12.6 Å². The molecule has 2 aliphatic rings. The maximum Gasteiger partial charge on any atom is 0.186 e. The molecule has 9 heteroatoms. The van der Waals surface area contributed by atoms with Crippen molar-refractivity contribution in [2.75, 3.05) is 6.61 Å². The van der Waals surface area contributed by atoms with Crippen molar-refractivity contribution in [1.29, 1.82) is 0 Å². The molecule has 0 amide bonds. The molecule has 0 bridgehead atoms. The maximum absolute atomic E-state index is 9.85. The molecule has 6 N–H and O–H groups in total. The number of ether oxygens (including phenoxy) is 3. The van der Waals surface area contributed by atoms with Crippen LogP contribution >= 0.6 is 0 Å². The summed E-state index contributed by atoms with van der Waals surface area (Å²) >= 11 is 0. The lowest BCUT2D eigenvalue weighted by Crippen LogP contribution is -2.61. The highest BCUT2D eigenvalue weighted by Crippen LogP contribution is 2.26. The molecule has 2 fully saturated rings. The van der Waals surface area contributed by atoms with E-state index in [1.807, 2.05) is 0 Å². The average molecular weight is 296 g/mol. The van der Waals surface area contributed by atoms with Crippen LogP contribution in [0.3, 0.4) is 0 Å². The van der Waals surface area contributed by atoms with Gasteiger partial charge in [-0.3, -0.25) is 0 Å². The van der Waals surface area contributed by atoms with Crippen LogP contribution in [-0.2, 0) is 14.2 Å². The predicted molar refractivity (Wildman–Crippen MR) is 61.2 cm³/mol. The molecule has 0 aromatic heterocycles. The molecule has 9 atom stereocenters. The third-order valence-corrected chi connectivity index (χ3v) is 3.55. The molecule has 118 valence electrons. The standard InChI is InChI=1S/C11H20O9/c1-3-5(13)7(15)9(10(17)19-3)20-11-8(16)6(14)4(12)2-18-11/h3-17H,2H2,1H3/t3-,4+,5-,6-,7+,8+,9+,10+,11-/m0/s1. The second-order valence-corrected chi connectivity index (χ2v) is 5.06. The zero-order valence-electron chi connectivity index (χ0n) is 10.8. The molecule has 20 heavy (non-hydrogen) atoms. The quantitative estimate of drug-likeness (QED) is 0.302. The molecule has 2 saturated heterocycles. The van der Waals surface area contributed by atoms with E-state index in [0.29, 0.717) is 0 Å². The lowest BCUT2D eigenvalue weighted by molar-refractivity contribution is -0.346. The largest absolute Gasteiger partial charge is 0.388 e. The molecule has 0 aromatic rings. The first-order valence-corrected chi connectivity index (χ1v) is 6.34. The summed E-state index contributed by atoms with van der Waals surface area (Å²) in [4.78, 5) is 0. The van der Waals surface area contributed by atoms with E-state index in [1.54, 1.807) is 0 Å². The predicted octanol–water partition coefficient (Wildman–Crippen LogP) is -3.73. The van der Waals surface area contributed by atoms with Gasteiger partial charge in [0.1, 0.15) is 36.6 Å². The summed E-state index contributed by atoms with van der Waals surface area (Å²) in [6.07, 6.45) is -12.1. The highest BCUT2D eigenvalue weighted by molar-refractivity contribution is 4.90. The summed E-state index contributed by atoms with van der Waals surface area (Å²) in [5.41, 5.74) is 0. The van der Waals surface area contributed by atoms with Crippen molar-refractivity contribution < 1.29 is 44.8 Å². The molecule has 9 nitrogen and oxygen atoms in total. The van der Waals surface area contributed by atoms with E-state index >= 15 is 0 Å². The molecule has 0 aliphatic carbocycles. The van der Waals surface area contributed by atoms with Gasteiger partial charge in [0.05, 0.1) is 12.7 Å². The van der Waals surface area contributed by atoms with E-state index in [-0.39, 0.29) is 6.61 Å². The number of rotatable bonds is 2. The van der Waals surface area contributed by atoms with Crippen molar-refractivity contribution in [3.05, 3.63) is 0 Å². The van der Waals surface area contributed by atoms with E-state index in [9.17, 15) is 30.6 Å². The molecular weight excluding hydrogens is 276 g/mol. The Labute approximate surface area is 114 Å². The molecule has 0 spiro atoms. The number of hydrogen-bond donors (Lipinski definition) is 6. The summed E-state index contributed by atoms with van der Waals surface area (Å²) in [5.74, 6) is 0. The summed E-state index contributed by atoms with van der Waals surface area (Å²) in [5, 5.41) is 57.7. The minimum absolute atomic E-state index is 0.276. The highest BCUT2D eigenvalue weighted by atomic mass is 16.7. The number of hydrogen-bond acceptors (Lipinski definition) is 9. The number of aliphatic hydroxyl groups is 6. The van der Waals surface area contributed by atoms with Crippen molar-refractivity contribution in [2.45, 2.75) is 62.2 Å². The summed E-state index contributed by atoms with van der Waals surface area (Å²) in [6, 6.07) is 0. The highest BCUT2D eigenvalue weighted by Gasteiger charge is 2.47. The van der Waals surface area contributed by atoms with Gasteiger partial charge in [-0.2, -0.15) is 0 Å². The van der Waals surface area contributed by atoms with E-state index in [1.165, 1.54) is 6.92 Å². The van der Waals surface area contributed by atoms with Gasteiger partial charge < -0.3 is 44.8 Å². The Balaban J connectivity index is 2.01. The van der Waals surface area contributed by atoms with Crippen LogP contribution in [0.1, 0.15) is 6.92 Å². The molecule has 0 aromatic carbocycles. The van der Waals surface area contributed by atoms with E-state index in [2.05, 4.69) is 0 Å². The minimum Gasteiger partial charge on any atom is -0.388 e. The van der Waals surface area contributed by atoms with Gasteiger partial charge in [-0.05, 0) is 6.92 Å². The SMILES string of the molecule is C[C@@H]1O[C@@H](O)[C@H](O[C@@H]2OC[C@@H](O)[C@H](O)[C@H]2O)[C@H](O)[C@H]1O. The van der Waals surface area contributed by atoms with Gasteiger partial charge in [0.25, 0.3) is 0 Å². The molecule has 0 unspecified atom stereocenters. The average Bonchev–Trinajstić information content (AvgIpc) is 2.41. The van der Waals surface area contributed by atoms with Gasteiger partial charge in [0, 0.05) is 0 Å². The van der Waals surface area contributed by atoms with E-state index < -0.39 is 55.3 Å². The zero-order valence-corrected chi connectivity index (χ0v) is 10.8. The minimum atomic E-state index is -1.56. The van der Waals surface area contributed by atoms with Gasteiger partial charge in [-0.1, -0.05) is 0 Å². The summed E-state index contributed by atoms with van der Waals surface area (Å²) in [6.45, 7) is 1.20. The maximum atomic E-state index is 9.85. The summed E-state index contributed by atoms with van der Waals surface area (Å²) in [7, 11) is 0. The van der Waals surface area contributed by atoms with Crippen LogP contribution in [0.2, 0.25) is 0 Å².